The standard InChI is InChI=1S/C10H11FS/c1-7-4-8-5-9(11)2-3-10(8)12-6-7/h2-3,5,7H,4,6H2,1H3. The summed E-state index contributed by atoms with van der Waals surface area (Å²) in [6.07, 6.45) is 1.03. The molecule has 0 amide bonds. The van der Waals surface area contributed by atoms with E-state index >= 15 is 0 Å². The lowest BCUT2D eigenvalue weighted by molar-refractivity contribution is 0.605. The fraction of sp³-hybridized carbons (Fsp3) is 0.400. The van der Waals surface area contributed by atoms with E-state index in [0.717, 1.165) is 6.42 Å². The van der Waals surface area contributed by atoms with Crippen molar-refractivity contribution in [1.29, 1.82) is 0 Å². The molecule has 0 bridgehead atoms. The minimum absolute atomic E-state index is 0.108. The van der Waals surface area contributed by atoms with Crippen LogP contribution in [0.2, 0.25) is 0 Å². The SMILES string of the molecule is CC1CSc2ccc(F)cc2C1. The maximum atomic E-state index is 12.8. The Morgan fingerprint density at radius 1 is 1.50 bits per heavy atom. The Hall–Kier alpha value is -0.500. The lowest BCUT2D eigenvalue weighted by Crippen LogP contribution is -2.09. The van der Waals surface area contributed by atoms with Crippen molar-refractivity contribution in [2.75, 3.05) is 5.75 Å². The Balaban J connectivity index is 2.37. The molecule has 0 aliphatic carbocycles. The average molecular weight is 182 g/mol. The first-order valence-electron chi connectivity index (χ1n) is 4.17. The Bertz CT molecular complexity index is 296. The zero-order valence-electron chi connectivity index (χ0n) is 7.01. The Morgan fingerprint density at radius 2 is 2.33 bits per heavy atom. The Kier molecular flexibility index (Phi) is 2.09. The smallest absolute Gasteiger partial charge is 0.123 e. The summed E-state index contributed by atoms with van der Waals surface area (Å²) in [6, 6.07) is 5.10. The Morgan fingerprint density at radius 3 is 3.17 bits per heavy atom. The van der Waals surface area contributed by atoms with Crippen LogP contribution in [0, 0.1) is 11.7 Å². The third-order valence-corrected chi connectivity index (χ3v) is 3.56. The van der Waals surface area contributed by atoms with Crippen LogP contribution >= 0.6 is 11.8 Å². The quantitative estimate of drug-likeness (QED) is 0.594. The van der Waals surface area contributed by atoms with E-state index in [4.69, 9.17) is 0 Å². The summed E-state index contributed by atoms with van der Waals surface area (Å²) < 4.78 is 12.8. The van der Waals surface area contributed by atoms with Crippen LogP contribution in [-0.2, 0) is 6.42 Å². The second kappa shape index (κ2) is 3.09. The molecule has 0 radical (unpaired) electrons. The fourth-order valence-corrected chi connectivity index (χ4v) is 2.59. The van der Waals surface area contributed by atoms with E-state index in [0.29, 0.717) is 5.92 Å². The van der Waals surface area contributed by atoms with Gasteiger partial charge in [0.15, 0.2) is 0 Å². The van der Waals surface area contributed by atoms with Crippen LogP contribution < -0.4 is 0 Å². The van der Waals surface area contributed by atoms with E-state index in [1.54, 1.807) is 12.1 Å². The normalized spacial score (nSPS) is 22.0. The first-order valence-corrected chi connectivity index (χ1v) is 5.15. The van der Waals surface area contributed by atoms with Gasteiger partial charge in [-0.1, -0.05) is 6.92 Å². The summed E-state index contributed by atoms with van der Waals surface area (Å²) in [7, 11) is 0. The van der Waals surface area contributed by atoms with Crippen LogP contribution in [0.25, 0.3) is 0 Å². The zero-order chi connectivity index (χ0) is 8.55. The van der Waals surface area contributed by atoms with Gasteiger partial charge in [-0.15, -0.1) is 11.8 Å². The van der Waals surface area contributed by atoms with Gasteiger partial charge in [0.2, 0.25) is 0 Å². The minimum Gasteiger partial charge on any atom is -0.207 e. The van der Waals surface area contributed by atoms with Gasteiger partial charge in [0.1, 0.15) is 5.82 Å². The molecular weight excluding hydrogens is 171 g/mol. The molecular formula is C10H11FS. The molecule has 1 unspecified atom stereocenters. The number of hydrogen-bond acceptors (Lipinski definition) is 1. The van der Waals surface area contributed by atoms with E-state index in [1.807, 2.05) is 17.8 Å². The van der Waals surface area contributed by atoms with Crippen molar-refractivity contribution in [3.05, 3.63) is 29.6 Å². The highest BCUT2D eigenvalue weighted by Gasteiger charge is 2.15. The molecule has 1 atom stereocenters. The van der Waals surface area contributed by atoms with Gasteiger partial charge in [0.05, 0.1) is 0 Å². The lowest BCUT2D eigenvalue weighted by atomic mass is 10.0. The molecule has 12 heavy (non-hydrogen) atoms. The third kappa shape index (κ3) is 1.48. The Labute approximate surface area is 76.2 Å². The molecule has 0 saturated heterocycles. The van der Waals surface area contributed by atoms with E-state index < -0.39 is 0 Å². The van der Waals surface area contributed by atoms with Crippen LogP contribution in [0.4, 0.5) is 4.39 Å². The predicted molar refractivity (Wildman–Crippen MR) is 50.0 cm³/mol. The van der Waals surface area contributed by atoms with Gasteiger partial charge < -0.3 is 0 Å². The van der Waals surface area contributed by atoms with Gasteiger partial charge in [-0.3, -0.25) is 0 Å². The van der Waals surface area contributed by atoms with Gasteiger partial charge in [-0.2, -0.15) is 0 Å². The fourth-order valence-electron chi connectivity index (χ4n) is 1.51. The van der Waals surface area contributed by atoms with Crippen LogP contribution in [0.15, 0.2) is 23.1 Å². The molecule has 1 aliphatic heterocycles. The summed E-state index contributed by atoms with van der Waals surface area (Å²) >= 11 is 1.84. The highest BCUT2D eigenvalue weighted by Crippen LogP contribution is 2.32. The topological polar surface area (TPSA) is 0 Å². The molecule has 1 aromatic rings. The van der Waals surface area contributed by atoms with Gasteiger partial charge in [-0.25, -0.2) is 4.39 Å². The minimum atomic E-state index is -0.108. The van der Waals surface area contributed by atoms with Crippen LogP contribution in [-0.4, -0.2) is 5.75 Å². The molecule has 1 heterocycles. The predicted octanol–water partition coefficient (Wildman–Crippen LogP) is 3.11. The van der Waals surface area contributed by atoms with Crippen LogP contribution in [0.1, 0.15) is 12.5 Å². The van der Waals surface area contributed by atoms with Crippen molar-refractivity contribution in [3.8, 4) is 0 Å². The number of thioether (sulfide) groups is 1. The molecule has 2 heteroatoms. The van der Waals surface area contributed by atoms with E-state index in [-0.39, 0.29) is 5.82 Å². The molecule has 64 valence electrons. The number of hydrogen-bond donors (Lipinski definition) is 0. The maximum Gasteiger partial charge on any atom is 0.123 e. The molecule has 0 saturated carbocycles. The largest absolute Gasteiger partial charge is 0.207 e. The molecule has 2 rings (SSSR count). The molecule has 0 aromatic heterocycles. The monoisotopic (exact) mass is 182 g/mol. The van der Waals surface area contributed by atoms with Crippen molar-refractivity contribution in [2.45, 2.75) is 18.2 Å². The van der Waals surface area contributed by atoms with Crippen molar-refractivity contribution < 1.29 is 4.39 Å². The second-order valence-corrected chi connectivity index (χ2v) is 4.43. The van der Waals surface area contributed by atoms with Gasteiger partial charge >= 0.3 is 0 Å². The van der Waals surface area contributed by atoms with Gasteiger partial charge in [0.25, 0.3) is 0 Å². The summed E-state index contributed by atoms with van der Waals surface area (Å²) in [4.78, 5) is 1.26. The molecule has 0 N–H and O–H groups in total. The van der Waals surface area contributed by atoms with Crippen LogP contribution in [0.3, 0.4) is 0 Å². The van der Waals surface area contributed by atoms with Gasteiger partial charge in [0, 0.05) is 10.6 Å². The molecule has 1 aromatic carbocycles. The van der Waals surface area contributed by atoms with Crippen molar-refractivity contribution in [1.82, 2.24) is 0 Å². The second-order valence-electron chi connectivity index (χ2n) is 3.37. The summed E-state index contributed by atoms with van der Waals surface area (Å²) in [5, 5.41) is 0. The van der Waals surface area contributed by atoms with Crippen molar-refractivity contribution in [2.24, 2.45) is 5.92 Å². The lowest BCUT2D eigenvalue weighted by Gasteiger charge is -2.20. The van der Waals surface area contributed by atoms with Crippen molar-refractivity contribution >= 4 is 11.8 Å². The first kappa shape index (κ1) is 8.11. The van der Waals surface area contributed by atoms with Gasteiger partial charge in [-0.05, 0) is 36.1 Å². The maximum absolute atomic E-state index is 12.8. The van der Waals surface area contributed by atoms with E-state index in [9.17, 15) is 4.39 Å². The first-order chi connectivity index (χ1) is 5.75. The summed E-state index contributed by atoms with van der Waals surface area (Å²) in [5.41, 5.74) is 1.18. The molecule has 0 spiro atoms. The molecule has 1 aliphatic rings. The van der Waals surface area contributed by atoms with Crippen molar-refractivity contribution in [3.63, 3.8) is 0 Å². The third-order valence-electron chi connectivity index (χ3n) is 2.11. The highest BCUT2D eigenvalue weighted by atomic mass is 32.2. The highest BCUT2D eigenvalue weighted by molar-refractivity contribution is 7.99. The van der Waals surface area contributed by atoms with Crippen LogP contribution in [0.5, 0.6) is 0 Å². The number of fused-ring (bicyclic) bond motifs is 1. The number of halogens is 1. The van der Waals surface area contributed by atoms with E-state index in [1.165, 1.54) is 16.2 Å². The number of rotatable bonds is 0. The number of benzene rings is 1. The average Bonchev–Trinajstić information content (AvgIpc) is 2.03. The zero-order valence-corrected chi connectivity index (χ0v) is 7.83. The summed E-state index contributed by atoms with van der Waals surface area (Å²) in [6.45, 7) is 2.21. The molecule has 0 fully saturated rings. The summed E-state index contributed by atoms with van der Waals surface area (Å²) in [5.74, 6) is 1.74. The van der Waals surface area contributed by atoms with E-state index in [2.05, 4.69) is 6.92 Å². The molecule has 0 nitrogen and oxygen atoms in total.